The van der Waals surface area contributed by atoms with Crippen molar-refractivity contribution in [2.45, 2.75) is 52.2 Å². The van der Waals surface area contributed by atoms with Crippen LogP contribution in [0.3, 0.4) is 0 Å². The highest BCUT2D eigenvalue weighted by Crippen LogP contribution is 2.67. The Labute approximate surface area is 143 Å². The molecule has 4 atom stereocenters. The molecule has 0 aromatic carbocycles. The van der Waals surface area contributed by atoms with Gasteiger partial charge in [-0.2, -0.15) is 0 Å². The van der Waals surface area contributed by atoms with Crippen molar-refractivity contribution < 1.29 is 9.53 Å². The van der Waals surface area contributed by atoms with E-state index in [1.54, 1.807) is 6.33 Å². The van der Waals surface area contributed by atoms with Crippen LogP contribution in [0.1, 0.15) is 39.3 Å². The highest BCUT2D eigenvalue weighted by molar-refractivity contribution is 5.69. The smallest absolute Gasteiger partial charge is 0.407 e. The molecule has 1 saturated heterocycles. The lowest BCUT2D eigenvalue weighted by atomic mass is 9.41. The molecule has 1 N–H and O–H groups in total. The van der Waals surface area contributed by atoms with E-state index in [2.05, 4.69) is 20.2 Å². The molecule has 6 nitrogen and oxygen atoms in total. The molecule has 2 unspecified atom stereocenters. The minimum Gasteiger partial charge on any atom is -0.444 e. The zero-order valence-electron chi connectivity index (χ0n) is 14.9. The fourth-order valence-corrected chi connectivity index (χ4v) is 4.90. The van der Waals surface area contributed by atoms with E-state index in [4.69, 9.17) is 4.74 Å². The first kappa shape index (κ1) is 15.7. The van der Waals surface area contributed by atoms with Gasteiger partial charge in [0.15, 0.2) is 0 Å². The molecule has 1 amide bonds. The van der Waals surface area contributed by atoms with Crippen LogP contribution in [0, 0.1) is 24.2 Å². The number of carbonyl (C=O) groups excluding carboxylic acids is 1. The summed E-state index contributed by atoms with van der Waals surface area (Å²) < 4.78 is 5.44. The standard InChI is InChI=1S/C18H26N4O2/c1-11-7-14(20-10-19-11)22-8-13-15(12-5-6-18(12,13)9-22)21-16(23)24-17(2,3)4/h7,10,12-13,15H,5-6,8-9H2,1-4H3,(H,21,23)/t12?,13-,15+,18?/m0/s1. The summed E-state index contributed by atoms with van der Waals surface area (Å²) in [4.78, 5) is 23.1. The Morgan fingerprint density at radius 3 is 2.79 bits per heavy atom. The molecule has 4 rings (SSSR count). The van der Waals surface area contributed by atoms with Gasteiger partial charge in [-0.1, -0.05) is 0 Å². The van der Waals surface area contributed by atoms with Gasteiger partial charge in [0.2, 0.25) is 0 Å². The van der Waals surface area contributed by atoms with Gasteiger partial charge in [-0.3, -0.25) is 0 Å². The number of hydrogen-bond acceptors (Lipinski definition) is 5. The molecule has 130 valence electrons. The SMILES string of the molecule is Cc1cc(N2C[C@H]3[C@H](NC(=O)OC(C)(C)C)C4CCC43C2)ncn1. The van der Waals surface area contributed by atoms with Crippen LogP contribution in [-0.4, -0.2) is 40.8 Å². The number of alkyl carbamates (subject to hydrolysis) is 1. The van der Waals surface area contributed by atoms with Crippen LogP contribution in [-0.2, 0) is 4.74 Å². The third-order valence-electron chi connectivity index (χ3n) is 5.96. The second-order valence-corrected chi connectivity index (χ2v) is 8.55. The third-order valence-corrected chi connectivity index (χ3v) is 5.96. The zero-order valence-corrected chi connectivity index (χ0v) is 14.9. The predicted molar refractivity (Wildman–Crippen MR) is 90.8 cm³/mol. The first-order valence-corrected chi connectivity index (χ1v) is 8.82. The average molecular weight is 330 g/mol. The first-order valence-electron chi connectivity index (χ1n) is 8.82. The zero-order chi connectivity index (χ0) is 17.1. The van der Waals surface area contributed by atoms with Crippen molar-refractivity contribution in [3.05, 3.63) is 18.1 Å². The molecular weight excluding hydrogens is 304 g/mol. The Morgan fingerprint density at radius 1 is 1.38 bits per heavy atom. The summed E-state index contributed by atoms with van der Waals surface area (Å²) in [5.41, 5.74) is 0.911. The highest BCUT2D eigenvalue weighted by atomic mass is 16.6. The number of nitrogens with zero attached hydrogens (tertiary/aromatic N) is 3. The summed E-state index contributed by atoms with van der Waals surface area (Å²) in [5, 5.41) is 3.13. The van der Waals surface area contributed by atoms with Gasteiger partial charge in [-0.25, -0.2) is 14.8 Å². The van der Waals surface area contributed by atoms with Gasteiger partial charge in [0.25, 0.3) is 0 Å². The lowest BCUT2D eigenvalue weighted by molar-refractivity contribution is -0.138. The Balaban J connectivity index is 1.46. The number of aryl methyl sites for hydroxylation is 1. The van der Waals surface area contributed by atoms with E-state index in [1.165, 1.54) is 12.8 Å². The molecule has 1 aromatic heterocycles. The summed E-state index contributed by atoms with van der Waals surface area (Å²) in [7, 11) is 0. The summed E-state index contributed by atoms with van der Waals surface area (Å²) in [6.45, 7) is 9.69. The lowest BCUT2D eigenvalue weighted by Crippen LogP contribution is -2.71. The minimum absolute atomic E-state index is 0.238. The number of amides is 1. The van der Waals surface area contributed by atoms with Crippen molar-refractivity contribution in [3.63, 3.8) is 0 Å². The van der Waals surface area contributed by atoms with E-state index in [0.717, 1.165) is 24.6 Å². The average Bonchev–Trinajstić information content (AvgIpc) is 2.84. The molecule has 2 saturated carbocycles. The second kappa shape index (κ2) is 5.07. The fraction of sp³-hybridized carbons (Fsp3) is 0.722. The van der Waals surface area contributed by atoms with Gasteiger partial charge >= 0.3 is 6.09 Å². The molecule has 2 heterocycles. The highest BCUT2D eigenvalue weighted by Gasteiger charge is 2.70. The largest absolute Gasteiger partial charge is 0.444 e. The van der Waals surface area contributed by atoms with Crippen molar-refractivity contribution in [3.8, 4) is 0 Å². The van der Waals surface area contributed by atoms with Crippen LogP contribution in [0.15, 0.2) is 12.4 Å². The molecular formula is C18H26N4O2. The Bertz CT molecular complexity index is 671. The Hall–Kier alpha value is -1.85. The predicted octanol–water partition coefficient (Wildman–Crippen LogP) is 2.52. The van der Waals surface area contributed by atoms with Crippen LogP contribution >= 0.6 is 0 Å². The van der Waals surface area contributed by atoms with Crippen molar-refractivity contribution in [2.75, 3.05) is 18.0 Å². The summed E-state index contributed by atoms with van der Waals surface area (Å²) in [6.07, 6.45) is 3.81. The van der Waals surface area contributed by atoms with E-state index in [0.29, 0.717) is 17.3 Å². The molecule has 3 aliphatic rings. The number of ether oxygens (including phenoxy) is 1. The first-order chi connectivity index (χ1) is 11.3. The second-order valence-electron chi connectivity index (χ2n) is 8.55. The molecule has 0 radical (unpaired) electrons. The molecule has 0 bridgehead atoms. The van der Waals surface area contributed by atoms with Crippen molar-refractivity contribution >= 4 is 11.9 Å². The van der Waals surface area contributed by atoms with Crippen molar-refractivity contribution in [2.24, 2.45) is 17.3 Å². The van der Waals surface area contributed by atoms with Crippen LogP contribution in [0.5, 0.6) is 0 Å². The van der Waals surface area contributed by atoms with Gasteiger partial charge < -0.3 is 15.0 Å². The number of hydrogen-bond donors (Lipinski definition) is 1. The molecule has 1 spiro atoms. The number of anilines is 1. The molecule has 24 heavy (non-hydrogen) atoms. The summed E-state index contributed by atoms with van der Waals surface area (Å²) in [6, 6.07) is 2.28. The maximum Gasteiger partial charge on any atom is 0.407 e. The summed E-state index contributed by atoms with van der Waals surface area (Å²) >= 11 is 0. The normalized spacial score (nSPS) is 33.8. The van der Waals surface area contributed by atoms with Gasteiger partial charge in [-0.15, -0.1) is 0 Å². The number of nitrogens with one attached hydrogen (secondary N) is 1. The van der Waals surface area contributed by atoms with Gasteiger partial charge in [-0.05, 0) is 51.9 Å². The monoisotopic (exact) mass is 330 g/mol. The Morgan fingerprint density at radius 2 is 2.17 bits per heavy atom. The number of carbonyl (C=O) groups is 1. The van der Waals surface area contributed by atoms with Crippen LogP contribution in [0.4, 0.5) is 10.6 Å². The molecule has 6 heteroatoms. The minimum atomic E-state index is -0.454. The molecule has 1 aromatic rings. The lowest BCUT2D eigenvalue weighted by Gasteiger charge is -2.65. The molecule has 1 aliphatic heterocycles. The van der Waals surface area contributed by atoms with Gasteiger partial charge in [0.05, 0.1) is 0 Å². The number of aromatic nitrogens is 2. The van der Waals surface area contributed by atoms with Gasteiger partial charge in [0.1, 0.15) is 17.7 Å². The summed E-state index contributed by atoms with van der Waals surface area (Å²) in [5.74, 6) is 2.09. The topological polar surface area (TPSA) is 67.4 Å². The van der Waals surface area contributed by atoms with E-state index in [-0.39, 0.29) is 12.1 Å². The van der Waals surface area contributed by atoms with Crippen molar-refractivity contribution in [1.29, 1.82) is 0 Å². The van der Waals surface area contributed by atoms with E-state index < -0.39 is 5.60 Å². The quantitative estimate of drug-likeness (QED) is 0.902. The Kier molecular flexibility index (Phi) is 3.31. The fourth-order valence-electron chi connectivity index (χ4n) is 4.90. The number of rotatable bonds is 2. The van der Waals surface area contributed by atoms with E-state index >= 15 is 0 Å². The van der Waals surface area contributed by atoms with Gasteiger partial charge in [0, 0.05) is 36.8 Å². The van der Waals surface area contributed by atoms with Crippen LogP contribution in [0.2, 0.25) is 0 Å². The van der Waals surface area contributed by atoms with Crippen LogP contribution in [0.25, 0.3) is 0 Å². The van der Waals surface area contributed by atoms with Crippen LogP contribution < -0.4 is 10.2 Å². The maximum absolute atomic E-state index is 12.2. The maximum atomic E-state index is 12.2. The van der Waals surface area contributed by atoms with E-state index in [9.17, 15) is 4.79 Å². The third kappa shape index (κ3) is 2.34. The van der Waals surface area contributed by atoms with E-state index in [1.807, 2.05) is 33.8 Å². The molecule has 3 fully saturated rings. The van der Waals surface area contributed by atoms with Crippen molar-refractivity contribution in [1.82, 2.24) is 15.3 Å². The molecule has 2 aliphatic carbocycles.